The second-order valence-corrected chi connectivity index (χ2v) is 7.25. The Morgan fingerprint density at radius 1 is 1.20 bits per heavy atom. The number of nitrogens with one attached hydrogen (secondary N) is 1. The van der Waals surface area contributed by atoms with Crippen molar-refractivity contribution >= 4 is 33.7 Å². The van der Waals surface area contributed by atoms with Crippen molar-refractivity contribution in [3.05, 3.63) is 89.1 Å². The summed E-state index contributed by atoms with van der Waals surface area (Å²) in [6.45, 7) is 4.58. The third-order valence-corrected chi connectivity index (χ3v) is 4.71. The standard InChI is InChI=1S/C23H22BrN3O3/c1-3-14-30-20-10-6-17(15-21(20)29-2)7-11-23(28)26-22-12-13-25-27(22)16-18-4-8-19(24)9-5-18/h3-13,15H,1,14,16H2,2H3,(H,26,28)/b11-7+. The van der Waals surface area contributed by atoms with Crippen molar-refractivity contribution in [1.82, 2.24) is 9.78 Å². The van der Waals surface area contributed by atoms with Gasteiger partial charge < -0.3 is 14.8 Å². The number of ether oxygens (including phenoxy) is 2. The second kappa shape index (κ2) is 10.5. The lowest BCUT2D eigenvalue weighted by atomic mass is 10.2. The summed E-state index contributed by atoms with van der Waals surface area (Å²) in [6, 6.07) is 15.2. The Hall–Kier alpha value is -3.32. The number of carbonyl (C=O) groups is 1. The molecule has 6 nitrogen and oxygen atoms in total. The Labute approximate surface area is 183 Å². The Bertz CT molecular complexity index is 1040. The molecule has 0 aliphatic rings. The van der Waals surface area contributed by atoms with E-state index in [2.05, 4.69) is 32.9 Å². The van der Waals surface area contributed by atoms with Crippen LogP contribution in [0.3, 0.4) is 0 Å². The van der Waals surface area contributed by atoms with E-state index < -0.39 is 0 Å². The molecule has 0 radical (unpaired) electrons. The Kier molecular flexibility index (Phi) is 7.45. The minimum absolute atomic E-state index is 0.251. The van der Waals surface area contributed by atoms with Crippen LogP contribution in [0.5, 0.6) is 11.5 Å². The monoisotopic (exact) mass is 467 g/mol. The Morgan fingerprint density at radius 2 is 2.00 bits per heavy atom. The number of amides is 1. The molecule has 0 saturated heterocycles. The van der Waals surface area contributed by atoms with Crippen LogP contribution in [0.4, 0.5) is 5.82 Å². The average molecular weight is 468 g/mol. The number of aromatic nitrogens is 2. The average Bonchev–Trinajstić information content (AvgIpc) is 3.19. The molecule has 0 bridgehead atoms. The molecule has 0 fully saturated rings. The summed E-state index contributed by atoms with van der Waals surface area (Å²) in [7, 11) is 1.57. The maximum Gasteiger partial charge on any atom is 0.249 e. The molecule has 3 aromatic rings. The van der Waals surface area contributed by atoms with Gasteiger partial charge in [0.15, 0.2) is 11.5 Å². The van der Waals surface area contributed by atoms with Gasteiger partial charge >= 0.3 is 0 Å². The number of rotatable bonds is 9. The number of nitrogens with zero attached hydrogens (tertiary/aromatic N) is 2. The molecule has 0 unspecified atom stereocenters. The third kappa shape index (κ3) is 5.84. The minimum Gasteiger partial charge on any atom is -0.493 e. The molecule has 0 spiro atoms. The van der Waals surface area contributed by atoms with Crippen LogP contribution in [0.25, 0.3) is 6.08 Å². The summed E-state index contributed by atoms with van der Waals surface area (Å²) in [5, 5.41) is 7.15. The smallest absolute Gasteiger partial charge is 0.249 e. The fraction of sp³-hybridized carbons (Fsp3) is 0.130. The van der Waals surface area contributed by atoms with Crippen molar-refractivity contribution < 1.29 is 14.3 Å². The molecule has 0 aliphatic carbocycles. The summed E-state index contributed by atoms with van der Waals surface area (Å²) in [5.41, 5.74) is 1.90. The summed E-state index contributed by atoms with van der Waals surface area (Å²) < 4.78 is 13.6. The first-order valence-corrected chi connectivity index (χ1v) is 10.1. The fourth-order valence-corrected chi connectivity index (χ4v) is 2.99. The van der Waals surface area contributed by atoms with Gasteiger partial charge in [-0.2, -0.15) is 5.10 Å². The number of benzene rings is 2. The lowest BCUT2D eigenvalue weighted by molar-refractivity contribution is -0.111. The molecule has 0 aliphatic heterocycles. The third-order valence-electron chi connectivity index (χ3n) is 4.18. The van der Waals surface area contributed by atoms with Crippen LogP contribution >= 0.6 is 15.9 Å². The van der Waals surface area contributed by atoms with Crippen molar-refractivity contribution in [2.45, 2.75) is 6.54 Å². The molecule has 0 atom stereocenters. The second-order valence-electron chi connectivity index (χ2n) is 6.33. The lowest BCUT2D eigenvalue weighted by Gasteiger charge is -2.10. The van der Waals surface area contributed by atoms with Crippen molar-refractivity contribution in [3.63, 3.8) is 0 Å². The van der Waals surface area contributed by atoms with Gasteiger partial charge in [0.2, 0.25) is 5.91 Å². The Morgan fingerprint density at radius 3 is 2.73 bits per heavy atom. The van der Waals surface area contributed by atoms with E-state index in [1.807, 2.05) is 30.3 Å². The van der Waals surface area contributed by atoms with Crippen LogP contribution in [0.1, 0.15) is 11.1 Å². The van der Waals surface area contributed by atoms with Gasteiger partial charge in [0.1, 0.15) is 12.4 Å². The molecular formula is C23H22BrN3O3. The predicted molar refractivity (Wildman–Crippen MR) is 122 cm³/mol. The van der Waals surface area contributed by atoms with Gasteiger partial charge in [-0.25, -0.2) is 4.68 Å². The molecule has 1 amide bonds. The highest BCUT2D eigenvalue weighted by molar-refractivity contribution is 9.10. The number of hydrogen-bond donors (Lipinski definition) is 1. The van der Waals surface area contributed by atoms with Gasteiger partial charge in [0.05, 0.1) is 19.9 Å². The van der Waals surface area contributed by atoms with E-state index in [4.69, 9.17) is 9.47 Å². The van der Waals surface area contributed by atoms with Gasteiger partial charge in [-0.15, -0.1) is 0 Å². The van der Waals surface area contributed by atoms with E-state index in [0.29, 0.717) is 30.5 Å². The van der Waals surface area contributed by atoms with E-state index in [0.717, 1.165) is 15.6 Å². The topological polar surface area (TPSA) is 65.4 Å². The van der Waals surface area contributed by atoms with Crippen LogP contribution in [0, 0.1) is 0 Å². The van der Waals surface area contributed by atoms with Crippen LogP contribution in [0.15, 0.2) is 77.9 Å². The quantitative estimate of drug-likeness (QED) is 0.358. The molecule has 7 heteroatoms. The first kappa shape index (κ1) is 21.4. The molecule has 1 aromatic heterocycles. The largest absolute Gasteiger partial charge is 0.493 e. The van der Waals surface area contributed by atoms with Crippen LogP contribution < -0.4 is 14.8 Å². The molecule has 1 heterocycles. The number of anilines is 1. The predicted octanol–water partition coefficient (Wildman–Crippen LogP) is 4.92. The summed E-state index contributed by atoms with van der Waals surface area (Å²) >= 11 is 3.43. The first-order chi connectivity index (χ1) is 14.6. The molecule has 2 aromatic carbocycles. The van der Waals surface area contributed by atoms with Gasteiger partial charge in [-0.1, -0.05) is 46.8 Å². The Balaban J connectivity index is 1.64. The highest BCUT2D eigenvalue weighted by atomic mass is 79.9. The summed E-state index contributed by atoms with van der Waals surface area (Å²) in [4.78, 5) is 12.4. The number of carbonyl (C=O) groups excluding carboxylic acids is 1. The fourth-order valence-electron chi connectivity index (χ4n) is 2.72. The lowest BCUT2D eigenvalue weighted by Crippen LogP contribution is -2.13. The van der Waals surface area contributed by atoms with Gasteiger partial charge in [-0.05, 0) is 41.5 Å². The zero-order chi connectivity index (χ0) is 21.3. The zero-order valence-corrected chi connectivity index (χ0v) is 18.1. The van der Waals surface area contributed by atoms with E-state index in [1.54, 1.807) is 48.3 Å². The van der Waals surface area contributed by atoms with Gasteiger partial charge in [0, 0.05) is 16.6 Å². The summed E-state index contributed by atoms with van der Waals surface area (Å²) in [6.07, 6.45) is 6.50. The van der Waals surface area contributed by atoms with E-state index >= 15 is 0 Å². The van der Waals surface area contributed by atoms with Crippen LogP contribution in [-0.2, 0) is 11.3 Å². The minimum atomic E-state index is -0.251. The molecule has 30 heavy (non-hydrogen) atoms. The van der Waals surface area contributed by atoms with E-state index in [9.17, 15) is 4.79 Å². The number of hydrogen-bond acceptors (Lipinski definition) is 4. The first-order valence-electron chi connectivity index (χ1n) is 9.26. The number of halogens is 1. The van der Waals surface area contributed by atoms with Crippen LogP contribution in [0.2, 0.25) is 0 Å². The van der Waals surface area contributed by atoms with Crippen molar-refractivity contribution in [1.29, 1.82) is 0 Å². The maximum atomic E-state index is 12.4. The molecular weight excluding hydrogens is 446 g/mol. The molecule has 3 rings (SSSR count). The molecule has 154 valence electrons. The van der Waals surface area contributed by atoms with Crippen molar-refractivity contribution in [3.8, 4) is 11.5 Å². The summed E-state index contributed by atoms with van der Waals surface area (Å²) in [5.74, 6) is 1.58. The SMILES string of the molecule is C=CCOc1ccc(/C=C/C(=O)Nc2ccnn2Cc2ccc(Br)cc2)cc1OC. The molecule has 1 N–H and O–H groups in total. The number of methoxy groups -OCH3 is 1. The van der Waals surface area contributed by atoms with Crippen molar-refractivity contribution in [2.75, 3.05) is 19.0 Å². The highest BCUT2D eigenvalue weighted by Gasteiger charge is 2.07. The zero-order valence-electron chi connectivity index (χ0n) is 16.5. The molecule has 0 saturated carbocycles. The normalized spacial score (nSPS) is 10.7. The highest BCUT2D eigenvalue weighted by Crippen LogP contribution is 2.28. The van der Waals surface area contributed by atoms with Crippen LogP contribution in [-0.4, -0.2) is 29.4 Å². The maximum absolute atomic E-state index is 12.4. The van der Waals surface area contributed by atoms with Gasteiger partial charge in [0.25, 0.3) is 0 Å². The van der Waals surface area contributed by atoms with E-state index in [1.165, 1.54) is 6.08 Å². The van der Waals surface area contributed by atoms with Crippen molar-refractivity contribution in [2.24, 2.45) is 0 Å². The van der Waals surface area contributed by atoms with Gasteiger partial charge in [-0.3, -0.25) is 4.79 Å². The van der Waals surface area contributed by atoms with E-state index in [-0.39, 0.29) is 5.91 Å².